The van der Waals surface area contributed by atoms with Gasteiger partial charge < -0.3 is 9.64 Å². The smallest absolute Gasteiger partial charge is 0.267 e. The predicted molar refractivity (Wildman–Crippen MR) is 125 cm³/mol. The maximum absolute atomic E-state index is 13.5. The van der Waals surface area contributed by atoms with Gasteiger partial charge in [-0.3, -0.25) is 9.59 Å². The van der Waals surface area contributed by atoms with E-state index in [2.05, 4.69) is 12.0 Å². The molecule has 1 amide bonds. The predicted octanol–water partition coefficient (Wildman–Crippen LogP) is 4.12. The van der Waals surface area contributed by atoms with Crippen LogP contribution in [0.3, 0.4) is 0 Å². The zero-order valence-electron chi connectivity index (χ0n) is 18.4. The minimum Gasteiger partial charge on any atom is -0.497 e. The minimum absolute atomic E-state index is 0.0115. The molecule has 0 unspecified atom stereocenters. The SMILES string of the molecule is COc1ccc(C2(C(=O)N3CC[C@H](n4nc(-c5cccs5)ccc4=O)[C@@H](C)C3)CC2)cc1. The molecule has 166 valence electrons. The van der Waals surface area contributed by atoms with Gasteiger partial charge in [-0.2, -0.15) is 5.10 Å². The summed E-state index contributed by atoms with van der Waals surface area (Å²) in [6.45, 7) is 3.39. The second-order valence-electron chi connectivity index (χ2n) is 8.87. The normalized spacial score (nSPS) is 21.9. The van der Waals surface area contributed by atoms with Crippen LogP contribution in [0.1, 0.15) is 37.8 Å². The monoisotopic (exact) mass is 449 g/mol. The van der Waals surface area contributed by atoms with Crippen LogP contribution in [0.4, 0.5) is 0 Å². The molecule has 0 spiro atoms. The summed E-state index contributed by atoms with van der Waals surface area (Å²) in [7, 11) is 1.65. The molecule has 3 heterocycles. The van der Waals surface area contributed by atoms with Crippen molar-refractivity contribution in [2.24, 2.45) is 5.92 Å². The Hall–Kier alpha value is -2.93. The summed E-state index contributed by atoms with van der Waals surface area (Å²) in [6.07, 6.45) is 2.50. The van der Waals surface area contributed by atoms with Crippen LogP contribution >= 0.6 is 11.3 Å². The van der Waals surface area contributed by atoms with E-state index in [1.165, 1.54) is 0 Å². The molecule has 2 aliphatic rings. The Labute approximate surface area is 191 Å². The summed E-state index contributed by atoms with van der Waals surface area (Å²) in [4.78, 5) is 29.2. The van der Waals surface area contributed by atoms with Crippen LogP contribution in [-0.4, -0.2) is 40.8 Å². The number of hydrogen-bond acceptors (Lipinski definition) is 5. The number of nitrogens with zero attached hydrogens (tertiary/aromatic N) is 3. The molecule has 3 aromatic rings. The first-order chi connectivity index (χ1) is 15.5. The fourth-order valence-electron chi connectivity index (χ4n) is 4.86. The van der Waals surface area contributed by atoms with E-state index in [0.29, 0.717) is 13.1 Å². The van der Waals surface area contributed by atoms with Crippen molar-refractivity contribution in [1.29, 1.82) is 0 Å². The average Bonchev–Trinajstić information content (AvgIpc) is 3.45. The van der Waals surface area contributed by atoms with Crippen LogP contribution in [0.5, 0.6) is 5.75 Å². The quantitative estimate of drug-likeness (QED) is 0.588. The molecule has 6 nitrogen and oxygen atoms in total. The van der Waals surface area contributed by atoms with Gasteiger partial charge in [-0.15, -0.1) is 11.3 Å². The van der Waals surface area contributed by atoms with Gasteiger partial charge in [0.25, 0.3) is 5.56 Å². The number of carbonyl (C=O) groups is 1. The third-order valence-corrected chi connectivity index (χ3v) is 7.75. The number of piperidine rings is 1. The van der Waals surface area contributed by atoms with Crippen molar-refractivity contribution in [3.63, 3.8) is 0 Å². The van der Waals surface area contributed by atoms with Crippen LogP contribution in [0.15, 0.2) is 58.7 Å². The molecular weight excluding hydrogens is 422 g/mol. The molecule has 1 aliphatic heterocycles. The number of benzene rings is 1. The molecule has 0 bridgehead atoms. The summed E-state index contributed by atoms with van der Waals surface area (Å²) in [5, 5.41) is 6.69. The van der Waals surface area contributed by atoms with Gasteiger partial charge >= 0.3 is 0 Å². The van der Waals surface area contributed by atoms with Crippen molar-refractivity contribution in [3.8, 4) is 16.3 Å². The van der Waals surface area contributed by atoms with E-state index >= 15 is 0 Å². The van der Waals surface area contributed by atoms with Gasteiger partial charge in [0.15, 0.2) is 0 Å². The van der Waals surface area contributed by atoms with E-state index < -0.39 is 5.41 Å². The largest absolute Gasteiger partial charge is 0.497 e. The molecule has 1 saturated heterocycles. The van der Waals surface area contributed by atoms with Crippen molar-refractivity contribution in [2.75, 3.05) is 20.2 Å². The summed E-state index contributed by atoms with van der Waals surface area (Å²) in [6, 6.07) is 15.3. The van der Waals surface area contributed by atoms with Crippen molar-refractivity contribution < 1.29 is 9.53 Å². The standard InChI is InChI=1S/C25H27N3O3S/c1-17-16-27(24(30)25(12-13-25)18-5-7-19(31-2)8-6-18)14-11-21(17)28-23(29)10-9-20(26-28)22-4-3-15-32-22/h3-10,15,17,21H,11-14,16H2,1-2H3/t17-,21-/m0/s1. The Morgan fingerprint density at radius 2 is 1.94 bits per heavy atom. The van der Waals surface area contributed by atoms with Gasteiger partial charge in [-0.1, -0.05) is 25.1 Å². The molecule has 7 heteroatoms. The molecule has 0 radical (unpaired) electrons. The summed E-state index contributed by atoms with van der Waals surface area (Å²) in [5.41, 5.74) is 1.41. The van der Waals surface area contributed by atoms with Crippen LogP contribution in [0, 0.1) is 5.92 Å². The van der Waals surface area contributed by atoms with Crippen molar-refractivity contribution in [2.45, 2.75) is 37.6 Å². The molecule has 1 saturated carbocycles. The second-order valence-corrected chi connectivity index (χ2v) is 9.82. The van der Waals surface area contributed by atoms with Gasteiger partial charge in [0.2, 0.25) is 5.91 Å². The number of amides is 1. The third kappa shape index (κ3) is 3.64. The summed E-state index contributed by atoms with van der Waals surface area (Å²) >= 11 is 1.61. The Morgan fingerprint density at radius 3 is 2.56 bits per heavy atom. The zero-order chi connectivity index (χ0) is 22.3. The second kappa shape index (κ2) is 8.20. The van der Waals surface area contributed by atoms with Crippen LogP contribution in [-0.2, 0) is 10.2 Å². The first-order valence-corrected chi connectivity index (χ1v) is 12.0. The fourth-order valence-corrected chi connectivity index (χ4v) is 5.55. The average molecular weight is 450 g/mol. The van der Waals surface area contributed by atoms with E-state index in [4.69, 9.17) is 4.74 Å². The Bertz CT molecular complexity index is 1170. The Balaban J connectivity index is 1.33. The fraction of sp³-hybridized carbons (Fsp3) is 0.400. The van der Waals surface area contributed by atoms with E-state index in [0.717, 1.165) is 41.1 Å². The lowest BCUT2D eigenvalue weighted by atomic mass is 9.89. The number of ether oxygens (including phenoxy) is 1. The number of methoxy groups -OCH3 is 1. The number of hydrogen-bond donors (Lipinski definition) is 0. The van der Waals surface area contributed by atoms with E-state index in [1.54, 1.807) is 35.3 Å². The molecule has 2 aromatic heterocycles. The highest BCUT2D eigenvalue weighted by molar-refractivity contribution is 7.13. The Kier molecular flexibility index (Phi) is 5.37. The van der Waals surface area contributed by atoms with Crippen molar-refractivity contribution >= 4 is 17.2 Å². The Morgan fingerprint density at radius 1 is 1.16 bits per heavy atom. The number of aromatic nitrogens is 2. The lowest BCUT2D eigenvalue weighted by molar-refractivity contribution is -0.136. The number of likely N-dealkylation sites (tertiary alicyclic amines) is 1. The molecule has 1 aliphatic carbocycles. The van der Waals surface area contributed by atoms with Crippen LogP contribution in [0.2, 0.25) is 0 Å². The van der Waals surface area contributed by atoms with Gasteiger partial charge in [-0.05, 0) is 60.4 Å². The van der Waals surface area contributed by atoms with Crippen molar-refractivity contribution in [1.82, 2.24) is 14.7 Å². The zero-order valence-corrected chi connectivity index (χ0v) is 19.2. The lowest BCUT2D eigenvalue weighted by Crippen LogP contribution is -2.49. The highest BCUT2D eigenvalue weighted by atomic mass is 32.1. The summed E-state index contributed by atoms with van der Waals surface area (Å²) < 4.78 is 6.90. The van der Waals surface area contributed by atoms with Crippen molar-refractivity contribution in [3.05, 3.63) is 69.8 Å². The molecule has 0 N–H and O–H groups in total. The van der Waals surface area contributed by atoms with Gasteiger partial charge in [0, 0.05) is 19.2 Å². The lowest BCUT2D eigenvalue weighted by Gasteiger charge is -2.39. The van der Waals surface area contributed by atoms with Gasteiger partial charge in [0.1, 0.15) is 11.4 Å². The third-order valence-electron chi connectivity index (χ3n) is 6.86. The summed E-state index contributed by atoms with van der Waals surface area (Å²) in [5.74, 6) is 1.15. The van der Waals surface area contributed by atoms with Crippen LogP contribution < -0.4 is 10.3 Å². The molecule has 5 rings (SSSR count). The van der Waals surface area contributed by atoms with Gasteiger partial charge in [0.05, 0.1) is 23.4 Å². The molecule has 1 aromatic carbocycles. The maximum atomic E-state index is 13.5. The van der Waals surface area contributed by atoms with E-state index in [1.807, 2.05) is 46.7 Å². The molecule has 2 atom stereocenters. The maximum Gasteiger partial charge on any atom is 0.267 e. The first-order valence-electron chi connectivity index (χ1n) is 11.1. The minimum atomic E-state index is -0.396. The highest BCUT2D eigenvalue weighted by Gasteiger charge is 2.53. The number of carbonyl (C=O) groups excluding carboxylic acids is 1. The number of rotatable bonds is 5. The van der Waals surface area contributed by atoms with E-state index in [-0.39, 0.29) is 23.4 Å². The molecular formula is C25H27N3O3S. The molecule has 2 fully saturated rings. The molecule has 32 heavy (non-hydrogen) atoms. The van der Waals surface area contributed by atoms with Gasteiger partial charge in [-0.25, -0.2) is 4.68 Å². The number of thiophene rings is 1. The van der Waals surface area contributed by atoms with Crippen LogP contribution in [0.25, 0.3) is 10.6 Å². The first kappa shape index (κ1) is 20.9. The van der Waals surface area contributed by atoms with E-state index in [9.17, 15) is 9.59 Å². The highest BCUT2D eigenvalue weighted by Crippen LogP contribution is 2.50. The topological polar surface area (TPSA) is 64.4 Å².